The van der Waals surface area contributed by atoms with E-state index in [-0.39, 0.29) is 17.9 Å². The fourth-order valence-electron chi connectivity index (χ4n) is 1.98. The van der Waals surface area contributed by atoms with E-state index in [2.05, 4.69) is 0 Å². The van der Waals surface area contributed by atoms with E-state index in [4.69, 9.17) is 4.74 Å². The third-order valence-electron chi connectivity index (χ3n) is 2.88. The van der Waals surface area contributed by atoms with Crippen LogP contribution in [0.4, 0.5) is 0 Å². The molecule has 4 nitrogen and oxygen atoms in total. The molecule has 1 atom stereocenters. The van der Waals surface area contributed by atoms with Crippen molar-refractivity contribution in [3.63, 3.8) is 0 Å². The number of esters is 1. The van der Waals surface area contributed by atoms with Crippen LogP contribution in [0.25, 0.3) is 0 Å². The lowest BCUT2D eigenvalue weighted by Gasteiger charge is -2.29. The van der Waals surface area contributed by atoms with Crippen LogP contribution >= 0.6 is 0 Å². The predicted molar refractivity (Wildman–Crippen MR) is 65.4 cm³/mol. The van der Waals surface area contributed by atoms with Crippen molar-refractivity contribution in [1.82, 2.24) is 4.90 Å². The topological polar surface area (TPSA) is 46.6 Å². The maximum absolute atomic E-state index is 12.2. The first-order valence-electron chi connectivity index (χ1n) is 6.35. The summed E-state index contributed by atoms with van der Waals surface area (Å²) < 4.78 is 5.14. The third kappa shape index (κ3) is 3.45. The second kappa shape index (κ2) is 5.52. The fourth-order valence-corrected chi connectivity index (χ4v) is 1.98. The van der Waals surface area contributed by atoms with Crippen LogP contribution in [0.15, 0.2) is 0 Å². The molecule has 1 rings (SSSR count). The van der Waals surface area contributed by atoms with Crippen LogP contribution in [-0.2, 0) is 14.3 Å². The fraction of sp³-hybridized carbons (Fsp3) is 0.846. The van der Waals surface area contributed by atoms with Gasteiger partial charge in [-0.25, -0.2) is 4.79 Å². The molecule has 4 heteroatoms. The first kappa shape index (κ1) is 14.0. The minimum absolute atomic E-state index is 0.0356. The average Bonchev–Trinajstić information content (AvgIpc) is 2.72. The van der Waals surface area contributed by atoms with Gasteiger partial charge in [0.1, 0.15) is 6.04 Å². The first-order valence-corrected chi connectivity index (χ1v) is 6.35. The van der Waals surface area contributed by atoms with Crippen LogP contribution in [-0.4, -0.2) is 36.0 Å². The summed E-state index contributed by atoms with van der Waals surface area (Å²) in [6, 6.07) is -0.367. The molecule has 0 bridgehead atoms. The number of hydrogen-bond donors (Lipinski definition) is 0. The number of ether oxygens (including phenoxy) is 1. The van der Waals surface area contributed by atoms with Gasteiger partial charge in [0.05, 0.1) is 6.61 Å². The molecule has 0 aromatic carbocycles. The molecule has 98 valence electrons. The largest absolute Gasteiger partial charge is 0.464 e. The molecule has 0 aliphatic carbocycles. The summed E-state index contributed by atoms with van der Waals surface area (Å²) in [6.45, 7) is 8.70. The van der Waals surface area contributed by atoms with Crippen molar-refractivity contribution in [3.05, 3.63) is 0 Å². The highest BCUT2D eigenvalue weighted by atomic mass is 16.5. The van der Waals surface area contributed by atoms with E-state index in [0.717, 1.165) is 19.3 Å². The molecule has 0 saturated carbocycles. The Morgan fingerprint density at radius 3 is 2.53 bits per heavy atom. The third-order valence-corrected chi connectivity index (χ3v) is 2.88. The maximum atomic E-state index is 12.2. The van der Waals surface area contributed by atoms with Crippen LogP contribution in [0.3, 0.4) is 0 Å². The molecule has 1 heterocycles. The van der Waals surface area contributed by atoms with Crippen molar-refractivity contribution < 1.29 is 14.3 Å². The van der Waals surface area contributed by atoms with Crippen LogP contribution in [0, 0.1) is 5.41 Å². The van der Waals surface area contributed by atoms with E-state index >= 15 is 0 Å². The number of carbonyl (C=O) groups excluding carboxylic acids is 2. The van der Waals surface area contributed by atoms with Crippen LogP contribution in [0.1, 0.15) is 47.0 Å². The predicted octanol–water partition coefficient (Wildman–Crippen LogP) is 1.98. The van der Waals surface area contributed by atoms with Gasteiger partial charge >= 0.3 is 5.97 Å². The number of carbonyl (C=O) groups is 2. The quantitative estimate of drug-likeness (QED) is 0.710. The van der Waals surface area contributed by atoms with Crippen molar-refractivity contribution >= 4 is 11.9 Å². The van der Waals surface area contributed by atoms with E-state index in [1.165, 1.54) is 0 Å². The summed E-state index contributed by atoms with van der Waals surface area (Å²) in [5.74, 6) is -0.213. The van der Waals surface area contributed by atoms with Gasteiger partial charge in [-0.15, -0.1) is 0 Å². The van der Waals surface area contributed by atoms with Gasteiger partial charge in [0.25, 0.3) is 0 Å². The second-order valence-corrected chi connectivity index (χ2v) is 5.57. The molecule has 1 saturated heterocycles. The first-order chi connectivity index (χ1) is 7.88. The van der Waals surface area contributed by atoms with E-state index < -0.39 is 5.41 Å². The molecular formula is C13H23NO3. The van der Waals surface area contributed by atoms with Crippen LogP contribution < -0.4 is 0 Å². The summed E-state index contributed by atoms with van der Waals surface area (Å²) in [6.07, 6.45) is 2.42. The summed E-state index contributed by atoms with van der Waals surface area (Å²) >= 11 is 0. The number of hydrogen-bond acceptors (Lipinski definition) is 3. The molecule has 0 N–H and O–H groups in total. The normalized spacial score (nSPS) is 20.5. The minimum Gasteiger partial charge on any atom is -0.464 e. The van der Waals surface area contributed by atoms with Gasteiger partial charge in [-0.2, -0.15) is 0 Å². The highest BCUT2D eigenvalue weighted by molar-refractivity contribution is 5.87. The maximum Gasteiger partial charge on any atom is 0.328 e. The smallest absolute Gasteiger partial charge is 0.328 e. The monoisotopic (exact) mass is 241 g/mol. The van der Waals surface area contributed by atoms with Crippen LogP contribution in [0.2, 0.25) is 0 Å². The number of likely N-dealkylation sites (tertiary alicyclic amines) is 1. The summed E-state index contributed by atoms with van der Waals surface area (Å²) in [7, 11) is 0. The molecule has 0 radical (unpaired) electrons. The van der Waals surface area contributed by atoms with Crippen LogP contribution in [0.5, 0.6) is 0 Å². The summed E-state index contributed by atoms with van der Waals surface area (Å²) in [4.78, 5) is 25.7. The minimum atomic E-state index is -0.437. The molecular weight excluding hydrogens is 218 g/mol. The van der Waals surface area contributed by atoms with Crippen molar-refractivity contribution in [2.24, 2.45) is 5.41 Å². The Hall–Kier alpha value is -1.06. The van der Waals surface area contributed by atoms with Gasteiger partial charge in [0.2, 0.25) is 5.91 Å². The SMILES string of the molecule is CCCOC(=O)C1CCCN1C(=O)C(C)(C)C. The number of nitrogens with zero attached hydrogens (tertiary/aromatic N) is 1. The zero-order valence-corrected chi connectivity index (χ0v) is 11.3. The Morgan fingerprint density at radius 1 is 1.35 bits per heavy atom. The lowest BCUT2D eigenvalue weighted by Crippen LogP contribution is -2.46. The molecule has 0 aromatic heterocycles. The number of amides is 1. The van der Waals surface area contributed by atoms with Gasteiger partial charge in [0, 0.05) is 12.0 Å². The highest BCUT2D eigenvalue weighted by Crippen LogP contribution is 2.25. The highest BCUT2D eigenvalue weighted by Gasteiger charge is 2.39. The molecule has 1 amide bonds. The summed E-state index contributed by atoms with van der Waals surface area (Å²) in [5, 5.41) is 0. The molecule has 1 aliphatic heterocycles. The van der Waals surface area contributed by atoms with Gasteiger partial charge in [-0.05, 0) is 19.3 Å². The molecule has 1 fully saturated rings. The molecule has 1 unspecified atom stereocenters. The lowest BCUT2D eigenvalue weighted by molar-refractivity contribution is -0.156. The Kier molecular flexibility index (Phi) is 4.54. The Labute approximate surface area is 103 Å². The van der Waals surface area contributed by atoms with Crippen molar-refractivity contribution in [3.8, 4) is 0 Å². The lowest BCUT2D eigenvalue weighted by atomic mass is 9.94. The van der Waals surface area contributed by atoms with Crippen molar-refractivity contribution in [2.45, 2.75) is 53.0 Å². The van der Waals surface area contributed by atoms with Crippen molar-refractivity contribution in [2.75, 3.05) is 13.2 Å². The van der Waals surface area contributed by atoms with E-state index in [9.17, 15) is 9.59 Å². The molecule has 0 aromatic rings. The van der Waals surface area contributed by atoms with E-state index in [1.807, 2.05) is 27.7 Å². The Bertz CT molecular complexity index is 294. The van der Waals surface area contributed by atoms with Crippen molar-refractivity contribution in [1.29, 1.82) is 0 Å². The van der Waals surface area contributed by atoms with Gasteiger partial charge in [0.15, 0.2) is 0 Å². The Balaban J connectivity index is 2.66. The molecule has 17 heavy (non-hydrogen) atoms. The second-order valence-electron chi connectivity index (χ2n) is 5.57. The Morgan fingerprint density at radius 2 is 2.00 bits per heavy atom. The van der Waals surface area contributed by atoms with Gasteiger partial charge in [-0.1, -0.05) is 27.7 Å². The molecule has 0 spiro atoms. The zero-order valence-electron chi connectivity index (χ0n) is 11.3. The van der Waals surface area contributed by atoms with E-state index in [1.54, 1.807) is 4.90 Å². The standard InChI is InChI=1S/C13H23NO3/c1-5-9-17-11(15)10-7-6-8-14(10)12(16)13(2,3)4/h10H,5-9H2,1-4H3. The number of rotatable bonds is 3. The van der Waals surface area contributed by atoms with Gasteiger partial charge in [-0.3, -0.25) is 4.79 Å². The van der Waals surface area contributed by atoms with Gasteiger partial charge < -0.3 is 9.64 Å². The summed E-state index contributed by atoms with van der Waals surface area (Å²) in [5.41, 5.74) is -0.437. The zero-order chi connectivity index (χ0) is 13.1. The van der Waals surface area contributed by atoms with E-state index in [0.29, 0.717) is 13.2 Å². The molecule has 1 aliphatic rings. The average molecular weight is 241 g/mol.